The number of methoxy groups -OCH3 is 1. The van der Waals surface area contributed by atoms with Gasteiger partial charge in [-0.3, -0.25) is 9.59 Å². The summed E-state index contributed by atoms with van der Waals surface area (Å²) in [7, 11) is 1.31. The van der Waals surface area contributed by atoms with Gasteiger partial charge >= 0.3 is 5.97 Å². The molecule has 1 heterocycles. The number of benzene rings is 1. The predicted molar refractivity (Wildman–Crippen MR) is 85.0 cm³/mol. The maximum absolute atomic E-state index is 13.0. The molecule has 24 heavy (non-hydrogen) atoms. The van der Waals surface area contributed by atoms with Crippen molar-refractivity contribution in [1.82, 2.24) is 0 Å². The molecule has 0 radical (unpaired) electrons. The van der Waals surface area contributed by atoms with E-state index >= 15 is 0 Å². The molecule has 0 unspecified atom stereocenters. The van der Waals surface area contributed by atoms with Crippen LogP contribution in [-0.2, 0) is 14.3 Å². The van der Waals surface area contributed by atoms with Crippen molar-refractivity contribution < 1.29 is 19.1 Å². The van der Waals surface area contributed by atoms with Gasteiger partial charge in [-0.25, -0.2) is 9.69 Å². The normalized spacial score (nSPS) is 38.1. The molecule has 0 aromatic heterocycles. The maximum Gasteiger partial charge on any atom is 0.337 e. The van der Waals surface area contributed by atoms with Crippen LogP contribution in [0.2, 0.25) is 0 Å². The van der Waals surface area contributed by atoms with Gasteiger partial charge in [0.15, 0.2) is 0 Å². The number of hydrogen-bond acceptors (Lipinski definition) is 4. The molecule has 0 spiro atoms. The Balaban J connectivity index is 1.54. The Hall–Kier alpha value is -2.43. The highest BCUT2D eigenvalue weighted by atomic mass is 16.5. The molecule has 1 aromatic carbocycles. The second-order valence-corrected chi connectivity index (χ2v) is 7.21. The van der Waals surface area contributed by atoms with Gasteiger partial charge in [0.1, 0.15) is 0 Å². The molecule has 5 aliphatic rings. The van der Waals surface area contributed by atoms with Gasteiger partial charge in [-0.1, -0.05) is 18.2 Å². The molecule has 5 nitrogen and oxygen atoms in total. The number of anilines is 1. The molecule has 0 N–H and O–H groups in total. The summed E-state index contributed by atoms with van der Waals surface area (Å²) in [6.45, 7) is 0. The molecule has 4 aliphatic carbocycles. The van der Waals surface area contributed by atoms with Gasteiger partial charge in [-0.05, 0) is 48.3 Å². The number of allylic oxidation sites excluding steroid dienone is 2. The van der Waals surface area contributed by atoms with Crippen molar-refractivity contribution in [1.29, 1.82) is 0 Å². The zero-order chi connectivity index (χ0) is 16.6. The molecule has 1 aromatic rings. The maximum atomic E-state index is 13.0. The van der Waals surface area contributed by atoms with Crippen LogP contribution < -0.4 is 4.90 Å². The van der Waals surface area contributed by atoms with Crippen molar-refractivity contribution in [3.05, 3.63) is 42.0 Å². The summed E-state index contributed by atoms with van der Waals surface area (Å²) in [4.78, 5) is 39.0. The van der Waals surface area contributed by atoms with Gasteiger partial charge in [0.25, 0.3) is 0 Å². The van der Waals surface area contributed by atoms with E-state index in [0.717, 1.165) is 6.42 Å². The van der Waals surface area contributed by atoms with E-state index in [4.69, 9.17) is 4.74 Å². The summed E-state index contributed by atoms with van der Waals surface area (Å²) in [5.41, 5.74) is 0.810. The van der Waals surface area contributed by atoms with Gasteiger partial charge in [0.05, 0.1) is 30.2 Å². The van der Waals surface area contributed by atoms with E-state index in [1.807, 2.05) is 0 Å². The van der Waals surface area contributed by atoms with Gasteiger partial charge in [-0.15, -0.1) is 0 Å². The number of ether oxygens (including phenoxy) is 1. The smallest absolute Gasteiger partial charge is 0.337 e. The molecular formula is C19H17NO4. The Labute approximate surface area is 139 Å². The molecule has 1 saturated heterocycles. The van der Waals surface area contributed by atoms with Crippen LogP contribution in [0, 0.1) is 35.5 Å². The number of rotatable bonds is 2. The molecule has 5 heteroatoms. The Kier molecular flexibility index (Phi) is 2.65. The van der Waals surface area contributed by atoms with Gasteiger partial charge in [0.2, 0.25) is 11.8 Å². The predicted octanol–water partition coefficient (Wildman–Crippen LogP) is 2.03. The zero-order valence-electron chi connectivity index (χ0n) is 13.2. The zero-order valence-corrected chi connectivity index (χ0v) is 13.2. The number of imide groups is 1. The van der Waals surface area contributed by atoms with E-state index in [9.17, 15) is 14.4 Å². The van der Waals surface area contributed by atoms with Gasteiger partial charge < -0.3 is 4.74 Å². The summed E-state index contributed by atoms with van der Waals surface area (Å²) in [5.74, 6) is 0.421. The lowest BCUT2D eigenvalue weighted by molar-refractivity contribution is -0.124. The number of nitrogens with zero attached hydrogens (tertiary/aromatic N) is 1. The van der Waals surface area contributed by atoms with Crippen molar-refractivity contribution in [3.63, 3.8) is 0 Å². The summed E-state index contributed by atoms with van der Waals surface area (Å²) < 4.78 is 4.73. The fourth-order valence-corrected chi connectivity index (χ4v) is 5.10. The average molecular weight is 323 g/mol. The highest BCUT2D eigenvalue weighted by molar-refractivity contribution is 6.22. The van der Waals surface area contributed by atoms with E-state index in [1.165, 1.54) is 12.0 Å². The monoisotopic (exact) mass is 323 g/mol. The summed E-state index contributed by atoms with van der Waals surface area (Å²) in [6.07, 6.45) is 5.45. The van der Waals surface area contributed by atoms with Crippen molar-refractivity contribution in [2.24, 2.45) is 35.5 Å². The van der Waals surface area contributed by atoms with Gasteiger partial charge in [-0.2, -0.15) is 0 Å². The molecule has 1 aliphatic heterocycles. The molecule has 6 rings (SSSR count). The fourth-order valence-electron chi connectivity index (χ4n) is 5.10. The average Bonchev–Trinajstić information content (AvgIpc) is 3.38. The number of carbonyl (C=O) groups excluding carboxylic acids is 3. The van der Waals surface area contributed by atoms with Crippen molar-refractivity contribution in [2.45, 2.75) is 6.42 Å². The number of amides is 2. The fraction of sp³-hybridized carbons (Fsp3) is 0.421. The Morgan fingerprint density at radius 2 is 1.71 bits per heavy atom. The first-order chi connectivity index (χ1) is 11.6. The second-order valence-electron chi connectivity index (χ2n) is 7.21. The first kappa shape index (κ1) is 14.0. The molecule has 3 fully saturated rings. The van der Waals surface area contributed by atoms with Crippen LogP contribution in [0.25, 0.3) is 0 Å². The van der Waals surface area contributed by atoms with Crippen LogP contribution in [0.3, 0.4) is 0 Å². The lowest BCUT2D eigenvalue weighted by Gasteiger charge is -2.37. The Bertz CT molecular complexity index is 777. The van der Waals surface area contributed by atoms with Crippen molar-refractivity contribution >= 4 is 23.5 Å². The van der Waals surface area contributed by atoms with Crippen LogP contribution in [0.1, 0.15) is 16.8 Å². The minimum Gasteiger partial charge on any atom is -0.465 e. The van der Waals surface area contributed by atoms with E-state index in [-0.39, 0.29) is 35.5 Å². The van der Waals surface area contributed by atoms with E-state index in [0.29, 0.717) is 23.1 Å². The lowest BCUT2D eigenvalue weighted by Crippen LogP contribution is -2.40. The number of esters is 1. The topological polar surface area (TPSA) is 63.7 Å². The quantitative estimate of drug-likeness (QED) is 0.475. The number of hydrogen-bond donors (Lipinski definition) is 0. The van der Waals surface area contributed by atoms with E-state index in [1.54, 1.807) is 24.3 Å². The Morgan fingerprint density at radius 3 is 2.29 bits per heavy atom. The van der Waals surface area contributed by atoms with Crippen molar-refractivity contribution in [2.75, 3.05) is 12.0 Å². The second kappa shape index (κ2) is 4.56. The van der Waals surface area contributed by atoms with Crippen LogP contribution in [0.5, 0.6) is 0 Å². The summed E-state index contributed by atoms with van der Waals surface area (Å²) in [5, 5.41) is 0. The Morgan fingerprint density at radius 1 is 1.08 bits per heavy atom. The largest absolute Gasteiger partial charge is 0.465 e. The highest BCUT2D eigenvalue weighted by Gasteiger charge is 2.67. The molecule has 122 valence electrons. The first-order valence-corrected chi connectivity index (χ1v) is 8.36. The van der Waals surface area contributed by atoms with Crippen LogP contribution >= 0.6 is 0 Å². The minimum absolute atomic E-state index is 0.114. The van der Waals surface area contributed by atoms with E-state index < -0.39 is 5.97 Å². The van der Waals surface area contributed by atoms with Gasteiger partial charge in [0, 0.05) is 0 Å². The SMILES string of the molecule is COC(=O)c1cccc(N2C(=O)[C@H]3[C@@H]4C=C[C@@H]([C@H]5C[C@H]45)[C@@H]3C2=O)c1. The standard InChI is InChI=1S/C19H17NO4/c1-24-19(23)9-3-2-4-10(7-9)20-17(21)15-11-5-6-12(14-8-13(11)14)16(15)18(20)22/h2-7,11-16H,8H2,1H3/t11-,12+,13-,14-,15+,16+/m1/s1. The summed E-state index contributed by atoms with van der Waals surface area (Å²) >= 11 is 0. The number of carbonyl (C=O) groups is 3. The first-order valence-electron chi connectivity index (χ1n) is 8.36. The minimum atomic E-state index is -0.476. The molecule has 2 amide bonds. The van der Waals surface area contributed by atoms with Crippen LogP contribution in [0.15, 0.2) is 36.4 Å². The molecule has 2 saturated carbocycles. The molecule has 6 atom stereocenters. The summed E-state index contributed by atoms with van der Waals surface area (Å²) in [6, 6.07) is 6.56. The lowest BCUT2D eigenvalue weighted by atomic mass is 9.63. The third-order valence-electron chi connectivity index (χ3n) is 6.19. The van der Waals surface area contributed by atoms with Crippen molar-refractivity contribution in [3.8, 4) is 0 Å². The van der Waals surface area contributed by atoms with E-state index in [2.05, 4.69) is 12.2 Å². The van der Waals surface area contributed by atoms with Crippen LogP contribution in [-0.4, -0.2) is 24.9 Å². The highest BCUT2D eigenvalue weighted by Crippen LogP contribution is 2.65. The van der Waals surface area contributed by atoms with Crippen LogP contribution in [0.4, 0.5) is 5.69 Å². The third kappa shape index (κ3) is 1.62. The molecular weight excluding hydrogens is 306 g/mol. The molecule has 2 bridgehead atoms. The third-order valence-corrected chi connectivity index (χ3v) is 6.19.